The maximum atomic E-state index is 5.84. The predicted octanol–water partition coefficient (Wildman–Crippen LogP) is 3.82. The first-order valence-electron chi connectivity index (χ1n) is 6.60. The van der Waals surface area contributed by atoms with E-state index in [1.165, 1.54) is 11.9 Å². The summed E-state index contributed by atoms with van der Waals surface area (Å²) in [6.07, 6.45) is 3.36. The summed E-state index contributed by atoms with van der Waals surface area (Å²) in [4.78, 5) is 4.14. The number of rotatable bonds is 2. The van der Waals surface area contributed by atoms with Crippen LogP contribution in [0.25, 0.3) is 5.65 Å². The normalized spacial score (nSPS) is 11.8. The van der Waals surface area contributed by atoms with Crippen molar-refractivity contribution in [1.82, 2.24) is 14.6 Å². The van der Waals surface area contributed by atoms with Gasteiger partial charge in [-0.2, -0.15) is 5.10 Å². The molecule has 0 radical (unpaired) electrons. The fraction of sp³-hybridized carbons (Fsp3) is 0.250. The summed E-state index contributed by atoms with van der Waals surface area (Å²) in [6.45, 7) is 6.59. The zero-order valence-corrected chi connectivity index (χ0v) is 11.9. The lowest BCUT2D eigenvalue weighted by molar-refractivity contribution is 0.481. The zero-order chi connectivity index (χ0) is 14.2. The van der Waals surface area contributed by atoms with Gasteiger partial charge < -0.3 is 4.74 Å². The van der Waals surface area contributed by atoms with E-state index in [9.17, 15) is 0 Å². The highest BCUT2D eigenvalue weighted by Gasteiger charge is 2.13. The van der Waals surface area contributed by atoms with Gasteiger partial charge >= 0.3 is 0 Å². The van der Waals surface area contributed by atoms with Crippen LogP contribution in [0.3, 0.4) is 0 Å². The molecule has 102 valence electrons. The molecule has 0 N–H and O–H groups in total. The van der Waals surface area contributed by atoms with E-state index in [1.807, 2.05) is 30.5 Å². The summed E-state index contributed by atoms with van der Waals surface area (Å²) in [5, 5.41) is 4.06. The van der Waals surface area contributed by atoms with Gasteiger partial charge in [0.1, 0.15) is 17.8 Å². The van der Waals surface area contributed by atoms with Gasteiger partial charge in [0.2, 0.25) is 0 Å². The molecule has 2 heterocycles. The minimum Gasteiger partial charge on any atom is -0.457 e. The minimum atomic E-state index is 0.152. The third-order valence-electron chi connectivity index (χ3n) is 3.21. The molecule has 0 saturated heterocycles. The molecule has 0 fully saturated rings. The van der Waals surface area contributed by atoms with Crippen LogP contribution in [0.1, 0.15) is 26.3 Å². The van der Waals surface area contributed by atoms with Crippen LogP contribution in [0, 0.1) is 0 Å². The van der Waals surface area contributed by atoms with E-state index in [4.69, 9.17) is 4.74 Å². The quantitative estimate of drug-likeness (QED) is 0.708. The molecule has 4 nitrogen and oxygen atoms in total. The monoisotopic (exact) mass is 267 g/mol. The lowest BCUT2D eigenvalue weighted by Crippen LogP contribution is -2.10. The number of hydrogen-bond acceptors (Lipinski definition) is 3. The Balaban J connectivity index is 1.83. The fourth-order valence-corrected chi connectivity index (χ4v) is 2.02. The summed E-state index contributed by atoms with van der Waals surface area (Å²) in [6, 6.07) is 11.9. The van der Waals surface area contributed by atoms with Crippen LogP contribution in [0.15, 0.2) is 48.9 Å². The molecule has 20 heavy (non-hydrogen) atoms. The van der Waals surface area contributed by atoms with Gasteiger partial charge in [-0.3, -0.25) is 0 Å². The van der Waals surface area contributed by atoms with Crippen LogP contribution in [-0.2, 0) is 5.41 Å². The molecular weight excluding hydrogens is 250 g/mol. The van der Waals surface area contributed by atoms with Gasteiger partial charge in [-0.15, -0.1) is 0 Å². The molecule has 0 spiro atoms. The Bertz CT molecular complexity index is 723. The van der Waals surface area contributed by atoms with Crippen molar-refractivity contribution < 1.29 is 4.74 Å². The molecular formula is C16H17N3O. The zero-order valence-electron chi connectivity index (χ0n) is 11.9. The molecule has 2 aromatic heterocycles. The van der Waals surface area contributed by atoms with Crippen molar-refractivity contribution in [2.45, 2.75) is 26.2 Å². The van der Waals surface area contributed by atoms with Crippen LogP contribution < -0.4 is 4.74 Å². The topological polar surface area (TPSA) is 39.4 Å². The molecule has 0 unspecified atom stereocenters. The number of ether oxygens (including phenoxy) is 1. The summed E-state index contributed by atoms with van der Waals surface area (Å²) < 4.78 is 7.55. The number of aromatic nitrogens is 3. The van der Waals surface area contributed by atoms with Gasteiger partial charge in [-0.1, -0.05) is 32.9 Å². The van der Waals surface area contributed by atoms with Crippen LogP contribution in [0.5, 0.6) is 11.5 Å². The van der Waals surface area contributed by atoms with E-state index in [1.54, 1.807) is 4.52 Å². The average Bonchev–Trinajstić information content (AvgIpc) is 2.86. The van der Waals surface area contributed by atoms with E-state index >= 15 is 0 Å². The smallest absolute Gasteiger partial charge is 0.158 e. The number of hydrogen-bond donors (Lipinski definition) is 0. The van der Waals surface area contributed by atoms with Crippen LogP contribution in [-0.4, -0.2) is 14.6 Å². The van der Waals surface area contributed by atoms with E-state index in [-0.39, 0.29) is 5.41 Å². The highest BCUT2D eigenvalue weighted by Crippen LogP contribution is 2.27. The predicted molar refractivity (Wildman–Crippen MR) is 78.2 cm³/mol. The lowest BCUT2D eigenvalue weighted by Gasteiger charge is -2.19. The van der Waals surface area contributed by atoms with Gasteiger partial charge in [0.15, 0.2) is 5.65 Å². The molecule has 0 bridgehead atoms. The maximum absolute atomic E-state index is 5.84. The third-order valence-corrected chi connectivity index (χ3v) is 3.21. The molecule has 0 aliphatic carbocycles. The maximum Gasteiger partial charge on any atom is 0.158 e. The third kappa shape index (κ3) is 2.50. The Morgan fingerprint density at radius 1 is 1.00 bits per heavy atom. The van der Waals surface area contributed by atoms with Gasteiger partial charge in [-0.05, 0) is 29.2 Å². The molecule has 0 amide bonds. The summed E-state index contributed by atoms with van der Waals surface area (Å²) in [7, 11) is 0. The number of benzene rings is 1. The van der Waals surface area contributed by atoms with Crippen LogP contribution in [0.2, 0.25) is 0 Å². The van der Waals surface area contributed by atoms with Crippen LogP contribution in [0.4, 0.5) is 0 Å². The summed E-state index contributed by atoms with van der Waals surface area (Å²) in [5.41, 5.74) is 2.21. The first-order valence-corrected chi connectivity index (χ1v) is 6.60. The Morgan fingerprint density at radius 2 is 1.75 bits per heavy atom. The molecule has 1 aromatic carbocycles. The number of fused-ring (bicyclic) bond motifs is 1. The first kappa shape index (κ1) is 12.7. The highest BCUT2D eigenvalue weighted by molar-refractivity contribution is 5.44. The van der Waals surface area contributed by atoms with Gasteiger partial charge in [-0.25, -0.2) is 9.50 Å². The van der Waals surface area contributed by atoms with Crippen molar-refractivity contribution in [2.24, 2.45) is 0 Å². The van der Waals surface area contributed by atoms with E-state index in [0.29, 0.717) is 0 Å². The standard InChI is InChI=1S/C16H17N3O/c1-16(2,3)12-4-6-13(7-5-12)20-14-8-9-19-15(10-14)17-11-18-19/h4-11H,1-3H3. The molecule has 0 aliphatic rings. The van der Waals surface area contributed by atoms with Gasteiger partial charge in [0, 0.05) is 12.3 Å². The fourth-order valence-electron chi connectivity index (χ4n) is 2.02. The Labute approximate surface area is 118 Å². The molecule has 0 atom stereocenters. The van der Waals surface area contributed by atoms with E-state index in [2.05, 4.69) is 43.0 Å². The van der Waals surface area contributed by atoms with Gasteiger partial charge in [0.05, 0.1) is 0 Å². The lowest BCUT2D eigenvalue weighted by atomic mass is 9.87. The SMILES string of the molecule is CC(C)(C)c1ccc(Oc2ccn3ncnc3c2)cc1. The van der Waals surface area contributed by atoms with Crippen molar-refractivity contribution in [3.8, 4) is 11.5 Å². The van der Waals surface area contributed by atoms with Gasteiger partial charge in [0.25, 0.3) is 0 Å². The first-order chi connectivity index (χ1) is 9.52. The number of nitrogens with zero attached hydrogens (tertiary/aromatic N) is 3. The molecule has 4 heteroatoms. The van der Waals surface area contributed by atoms with E-state index in [0.717, 1.165) is 17.1 Å². The van der Waals surface area contributed by atoms with Crippen molar-refractivity contribution in [2.75, 3.05) is 0 Å². The second kappa shape index (κ2) is 4.63. The minimum absolute atomic E-state index is 0.152. The average molecular weight is 267 g/mol. The van der Waals surface area contributed by atoms with Crippen molar-refractivity contribution in [3.63, 3.8) is 0 Å². The second-order valence-electron chi connectivity index (χ2n) is 5.80. The van der Waals surface area contributed by atoms with E-state index < -0.39 is 0 Å². The highest BCUT2D eigenvalue weighted by atomic mass is 16.5. The number of pyridine rings is 1. The summed E-state index contributed by atoms with van der Waals surface area (Å²) >= 11 is 0. The Morgan fingerprint density at radius 3 is 2.45 bits per heavy atom. The molecule has 0 saturated carbocycles. The summed E-state index contributed by atoms with van der Waals surface area (Å²) in [5.74, 6) is 1.58. The Kier molecular flexibility index (Phi) is 2.93. The van der Waals surface area contributed by atoms with Crippen molar-refractivity contribution >= 4 is 5.65 Å². The molecule has 3 aromatic rings. The molecule has 3 rings (SSSR count). The molecule has 0 aliphatic heterocycles. The Hall–Kier alpha value is -2.36. The van der Waals surface area contributed by atoms with Crippen molar-refractivity contribution in [3.05, 3.63) is 54.5 Å². The van der Waals surface area contributed by atoms with Crippen LogP contribution >= 0.6 is 0 Å². The largest absolute Gasteiger partial charge is 0.457 e. The second-order valence-corrected chi connectivity index (χ2v) is 5.80. The van der Waals surface area contributed by atoms with Crippen molar-refractivity contribution in [1.29, 1.82) is 0 Å².